The summed E-state index contributed by atoms with van der Waals surface area (Å²) in [5, 5.41) is 6.16. The molecule has 0 atom stereocenters. The average Bonchev–Trinajstić information content (AvgIpc) is 2.97. The zero-order valence-electron chi connectivity index (χ0n) is 7.89. The van der Waals surface area contributed by atoms with E-state index in [0.29, 0.717) is 21.2 Å². The van der Waals surface area contributed by atoms with E-state index >= 15 is 0 Å². The first kappa shape index (κ1) is 10.8. The molecule has 5 heteroatoms. The molecule has 1 aromatic rings. The number of carbonyl (C=O) groups is 1. The van der Waals surface area contributed by atoms with Gasteiger partial charge in [0.05, 0.1) is 15.2 Å². The Kier molecular flexibility index (Phi) is 3.17. The van der Waals surface area contributed by atoms with Gasteiger partial charge in [-0.3, -0.25) is 0 Å². The van der Waals surface area contributed by atoms with E-state index in [1.807, 2.05) is 0 Å². The maximum Gasteiger partial charge on any atom is 0.319 e. The molecule has 2 rings (SSSR count). The molecule has 0 aliphatic heterocycles. The second-order valence-electron chi connectivity index (χ2n) is 3.47. The number of amides is 2. The summed E-state index contributed by atoms with van der Waals surface area (Å²) in [4.78, 5) is 11.4. The Hall–Kier alpha value is -0.740. The topological polar surface area (TPSA) is 41.1 Å². The number of nitrogens with one attached hydrogen (secondary N) is 2. The van der Waals surface area contributed by atoms with Gasteiger partial charge < -0.3 is 10.6 Å². The van der Waals surface area contributed by atoms with Gasteiger partial charge in [-0.1, -0.05) is 17.7 Å². The minimum absolute atomic E-state index is 0.180. The summed E-state index contributed by atoms with van der Waals surface area (Å²) < 4.78 is 0.706. The zero-order chi connectivity index (χ0) is 10.8. The van der Waals surface area contributed by atoms with Crippen molar-refractivity contribution < 1.29 is 4.79 Å². The quantitative estimate of drug-likeness (QED) is 0.861. The highest BCUT2D eigenvalue weighted by atomic mass is 79.9. The largest absolute Gasteiger partial charge is 0.335 e. The molecule has 0 heterocycles. The van der Waals surface area contributed by atoms with Gasteiger partial charge in [-0.25, -0.2) is 4.79 Å². The fourth-order valence-electron chi connectivity index (χ4n) is 1.17. The first-order valence-electron chi connectivity index (χ1n) is 4.68. The van der Waals surface area contributed by atoms with Crippen LogP contribution >= 0.6 is 27.5 Å². The first-order valence-corrected chi connectivity index (χ1v) is 5.85. The monoisotopic (exact) mass is 288 g/mol. The second kappa shape index (κ2) is 4.41. The molecule has 1 fully saturated rings. The normalized spacial score (nSPS) is 14.8. The molecular formula is C10H10BrClN2O. The summed E-state index contributed by atoms with van der Waals surface area (Å²) in [6.45, 7) is 0. The number of halogens is 2. The smallest absolute Gasteiger partial charge is 0.319 e. The van der Waals surface area contributed by atoms with Crippen molar-refractivity contribution in [2.45, 2.75) is 18.9 Å². The number of rotatable bonds is 2. The minimum Gasteiger partial charge on any atom is -0.335 e. The summed E-state index contributed by atoms with van der Waals surface area (Å²) in [6, 6.07) is 5.51. The molecule has 0 aromatic heterocycles. The van der Waals surface area contributed by atoms with Crippen molar-refractivity contribution in [3.05, 3.63) is 27.7 Å². The Morgan fingerprint density at radius 3 is 2.87 bits per heavy atom. The van der Waals surface area contributed by atoms with E-state index in [4.69, 9.17) is 11.6 Å². The highest BCUT2D eigenvalue weighted by molar-refractivity contribution is 9.10. The number of benzene rings is 1. The lowest BCUT2D eigenvalue weighted by atomic mass is 10.3. The molecule has 0 saturated heterocycles. The molecule has 3 nitrogen and oxygen atoms in total. The predicted molar refractivity (Wildman–Crippen MR) is 64.3 cm³/mol. The van der Waals surface area contributed by atoms with Gasteiger partial charge in [-0.05, 0) is 40.9 Å². The molecule has 1 saturated carbocycles. The Morgan fingerprint density at radius 2 is 2.20 bits per heavy atom. The van der Waals surface area contributed by atoms with E-state index in [0.717, 1.165) is 12.8 Å². The minimum atomic E-state index is -0.180. The van der Waals surface area contributed by atoms with Crippen LogP contribution in [0.4, 0.5) is 10.5 Å². The zero-order valence-corrected chi connectivity index (χ0v) is 10.2. The van der Waals surface area contributed by atoms with Crippen LogP contribution in [0, 0.1) is 0 Å². The second-order valence-corrected chi connectivity index (χ2v) is 4.67. The molecule has 15 heavy (non-hydrogen) atoms. The van der Waals surface area contributed by atoms with Crippen LogP contribution in [0.1, 0.15) is 12.8 Å². The van der Waals surface area contributed by atoms with Crippen LogP contribution in [0.2, 0.25) is 5.02 Å². The fourth-order valence-corrected chi connectivity index (χ4v) is 1.71. The van der Waals surface area contributed by atoms with Crippen LogP contribution in [-0.2, 0) is 0 Å². The van der Waals surface area contributed by atoms with Gasteiger partial charge in [0, 0.05) is 6.04 Å². The van der Waals surface area contributed by atoms with Crippen molar-refractivity contribution >= 4 is 39.2 Å². The molecular weight excluding hydrogens is 279 g/mol. The molecule has 2 N–H and O–H groups in total. The number of anilines is 1. The van der Waals surface area contributed by atoms with Gasteiger partial charge in [-0.15, -0.1) is 0 Å². The molecule has 1 aliphatic rings. The van der Waals surface area contributed by atoms with Crippen LogP contribution in [0.25, 0.3) is 0 Å². The standard InChI is InChI=1S/C10H10BrClN2O/c11-9-7(12)2-1-3-8(9)14-10(15)13-6-4-5-6/h1-3,6H,4-5H2,(H2,13,14,15). The Labute approximate surface area is 101 Å². The first-order chi connectivity index (χ1) is 7.16. The summed E-state index contributed by atoms with van der Waals surface area (Å²) >= 11 is 9.21. The van der Waals surface area contributed by atoms with Gasteiger partial charge in [0.25, 0.3) is 0 Å². The Balaban J connectivity index is 2.02. The van der Waals surface area contributed by atoms with Crippen molar-refractivity contribution in [1.82, 2.24) is 5.32 Å². The Morgan fingerprint density at radius 1 is 1.47 bits per heavy atom. The summed E-state index contributed by atoms with van der Waals surface area (Å²) in [5.74, 6) is 0. The van der Waals surface area contributed by atoms with Crippen LogP contribution < -0.4 is 10.6 Å². The molecule has 2 amide bonds. The molecule has 0 radical (unpaired) electrons. The highest BCUT2D eigenvalue weighted by Crippen LogP contribution is 2.30. The third kappa shape index (κ3) is 2.86. The lowest BCUT2D eigenvalue weighted by molar-refractivity contribution is 0.251. The third-order valence-electron chi connectivity index (χ3n) is 2.11. The summed E-state index contributed by atoms with van der Waals surface area (Å²) in [7, 11) is 0. The predicted octanol–water partition coefficient (Wildman–Crippen LogP) is 3.39. The summed E-state index contributed by atoms with van der Waals surface area (Å²) in [6.07, 6.45) is 2.15. The molecule has 1 aromatic carbocycles. The lowest BCUT2D eigenvalue weighted by Gasteiger charge is -2.08. The highest BCUT2D eigenvalue weighted by Gasteiger charge is 2.23. The van der Waals surface area contributed by atoms with Gasteiger partial charge in [0.2, 0.25) is 0 Å². The molecule has 0 bridgehead atoms. The SMILES string of the molecule is O=C(Nc1cccc(Cl)c1Br)NC1CC1. The van der Waals surface area contributed by atoms with Crippen molar-refractivity contribution in [2.24, 2.45) is 0 Å². The van der Waals surface area contributed by atoms with Crippen LogP contribution in [-0.4, -0.2) is 12.1 Å². The van der Waals surface area contributed by atoms with E-state index in [9.17, 15) is 4.79 Å². The maximum atomic E-state index is 11.4. The van der Waals surface area contributed by atoms with Gasteiger partial charge in [-0.2, -0.15) is 0 Å². The molecule has 0 spiro atoms. The van der Waals surface area contributed by atoms with E-state index < -0.39 is 0 Å². The fraction of sp³-hybridized carbons (Fsp3) is 0.300. The van der Waals surface area contributed by atoms with Crippen molar-refractivity contribution in [3.8, 4) is 0 Å². The molecule has 80 valence electrons. The van der Waals surface area contributed by atoms with Crippen LogP contribution in [0.5, 0.6) is 0 Å². The van der Waals surface area contributed by atoms with Crippen molar-refractivity contribution in [3.63, 3.8) is 0 Å². The summed E-state index contributed by atoms with van der Waals surface area (Å²) in [5.41, 5.74) is 0.681. The lowest BCUT2D eigenvalue weighted by Crippen LogP contribution is -2.30. The van der Waals surface area contributed by atoms with Crippen molar-refractivity contribution in [2.75, 3.05) is 5.32 Å². The number of urea groups is 1. The Bertz CT molecular complexity index is 393. The van der Waals surface area contributed by atoms with E-state index in [-0.39, 0.29) is 6.03 Å². The third-order valence-corrected chi connectivity index (χ3v) is 3.51. The molecule has 1 aliphatic carbocycles. The maximum absolute atomic E-state index is 11.4. The van der Waals surface area contributed by atoms with Crippen LogP contribution in [0.15, 0.2) is 22.7 Å². The van der Waals surface area contributed by atoms with Crippen LogP contribution in [0.3, 0.4) is 0 Å². The van der Waals surface area contributed by atoms with Gasteiger partial charge in [0.15, 0.2) is 0 Å². The number of carbonyl (C=O) groups excluding carboxylic acids is 1. The average molecular weight is 290 g/mol. The van der Waals surface area contributed by atoms with Crippen molar-refractivity contribution in [1.29, 1.82) is 0 Å². The number of hydrogen-bond donors (Lipinski definition) is 2. The van der Waals surface area contributed by atoms with E-state index in [1.165, 1.54) is 0 Å². The van der Waals surface area contributed by atoms with E-state index in [1.54, 1.807) is 18.2 Å². The van der Waals surface area contributed by atoms with Gasteiger partial charge >= 0.3 is 6.03 Å². The molecule has 0 unspecified atom stereocenters. The van der Waals surface area contributed by atoms with Gasteiger partial charge in [0.1, 0.15) is 0 Å². The van der Waals surface area contributed by atoms with E-state index in [2.05, 4.69) is 26.6 Å². The number of hydrogen-bond acceptors (Lipinski definition) is 1.